The normalized spacial score (nSPS) is 18.1. The van der Waals surface area contributed by atoms with Gasteiger partial charge in [0.15, 0.2) is 0 Å². The van der Waals surface area contributed by atoms with Crippen LogP contribution in [-0.2, 0) is 11.3 Å². The molecule has 1 heterocycles. The SMILES string of the molecule is CCN(C(=O)Cn1c(=O)c(C2CCCC2)cc2ccc(OC)cc21)C1CCCCC1. The lowest BCUT2D eigenvalue weighted by Crippen LogP contribution is -2.44. The molecule has 0 spiro atoms. The van der Waals surface area contributed by atoms with Gasteiger partial charge < -0.3 is 9.64 Å². The molecule has 0 aliphatic heterocycles. The molecule has 2 aliphatic carbocycles. The van der Waals surface area contributed by atoms with E-state index in [1.54, 1.807) is 11.7 Å². The molecule has 0 saturated heterocycles. The van der Waals surface area contributed by atoms with E-state index in [9.17, 15) is 9.59 Å². The van der Waals surface area contributed by atoms with E-state index in [2.05, 4.69) is 0 Å². The largest absolute Gasteiger partial charge is 0.497 e. The van der Waals surface area contributed by atoms with Gasteiger partial charge in [0.05, 0.1) is 12.6 Å². The molecule has 0 N–H and O–H groups in total. The summed E-state index contributed by atoms with van der Waals surface area (Å²) in [5.41, 5.74) is 1.66. The first kappa shape index (κ1) is 21.0. The number of ether oxygens (including phenoxy) is 1. The highest BCUT2D eigenvalue weighted by Crippen LogP contribution is 2.34. The van der Waals surface area contributed by atoms with E-state index >= 15 is 0 Å². The third-order valence-corrected chi connectivity index (χ3v) is 7.10. The molecule has 0 atom stereocenters. The number of fused-ring (bicyclic) bond motifs is 1. The van der Waals surface area contributed by atoms with Crippen LogP contribution in [0.15, 0.2) is 29.1 Å². The Bertz CT molecular complexity index is 953. The number of carbonyl (C=O) groups is 1. The van der Waals surface area contributed by atoms with E-state index in [4.69, 9.17) is 4.74 Å². The molecule has 0 unspecified atom stereocenters. The number of amides is 1. The summed E-state index contributed by atoms with van der Waals surface area (Å²) in [6, 6.07) is 8.18. The van der Waals surface area contributed by atoms with Crippen molar-refractivity contribution >= 4 is 16.8 Å². The Labute approximate surface area is 179 Å². The molecule has 2 aromatic rings. The van der Waals surface area contributed by atoms with Gasteiger partial charge in [0.25, 0.3) is 5.56 Å². The summed E-state index contributed by atoms with van der Waals surface area (Å²) in [4.78, 5) is 28.9. The van der Waals surface area contributed by atoms with Crippen molar-refractivity contribution in [1.29, 1.82) is 0 Å². The van der Waals surface area contributed by atoms with E-state index in [0.29, 0.717) is 24.3 Å². The molecule has 1 amide bonds. The van der Waals surface area contributed by atoms with Crippen LogP contribution in [-0.4, -0.2) is 35.1 Å². The zero-order valence-corrected chi connectivity index (χ0v) is 18.4. The number of hydrogen-bond acceptors (Lipinski definition) is 3. The highest BCUT2D eigenvalue weighted by molar-refractivity contribution is 5.84. The summed E-state index contributed by atoms with van der Waals surface area (Å²) in [5.74, 6) is 1.07. The Hall–Kier alpha value is -2.30. The van der Waals surface area contributed by atoms with Crippen LogP contribution in [0.2, 0.25) is 0 Å². The molecule has 5 nitrogen and oxygen atoms in total. The van der Waals surface area contributed by atoms with Gasteiger partial charge in [-0.25, -0.2) is 0 Å². The smallest absolute Gasteiger partial charge is 0.255 e. The fraction of sp³-hybridized carbons (Fsp3) is 0.600. The van der Waals surface area contributed by atoms with Crippen LogP contribution < -0.4 is 10.3 Å². The fourth-order valence-corrected chi connectivity index (χ4v) is 5.44. The number of methoxy groups -OCH3 is 1. The predicted octanol–water partition coefficient (Wildman–Crippen LogP) is 4.85. The van der Waals surface area contributed by atoms with Crippen LogP contribution in [0.4, 0.5) is 0 Å². The summed E-state index contributed by atoms with van der Waals surface area (Å²) in [6.45, 7) is 2.85. The number of hydrogen-bond donors (Lipinski definition) is 0. The van der Waals surface area contributed by atoms with Crippen molar-refractivity contribution in [3.05, 3.63) is 40.2 Å². The lowest BCUT2D eigenvalue weighted by molar-refractivity contribution is -0.134. The first-order valence-electron chi connectivity index (χ1n) is 11.6. The molecule has 2 aliphatic rings. The monoisotopic (exact) mass is 410 g/mol. The molecule has 0 bridgehead atoms. The Kier molecular flexibility index (Phi) is 6.45. The van der Waals surface area contributed by atoms with Gasteiger partial charge in [-0.1, -0.05) is 32.1 Å². The van der Waals surface area contributed by atoms with Crippen molar-refractivity contribution in [2.24, 2.45) is 0 Å². The number of carbonyl (C=O) groups excluding carboxylic acids is 1. The number of rotatable bonds is 6. The van der Waals surface area contributed by atoms with Gasteiger partial charge in [-0.05, 0) is 62.1 Å². The minimum atomic E-state index is -0.00398. The van der Waals surface area contributed by atoms with E-state index in [1.165, 1.54) is 32.1 Å². The van der Waals surface area contributed by atoms with Crippen molar-refractivity contribution < 1.29 is 9.53 Å². The number of benzene rings is 1. The Morgan fingerprint density at radius 1 is 1.07 bits per heavy atom. The second kappa shape index (κ2) is 9.23. The second-order valence-electron chi connectivity index (χ2n) is 8.87. The number of aromatic nitrogens is 1. The number of pyridine rings is 1. The molecule has 2 fully saturated rings. The second-order valence-corrected chi connectivity index (χ2v) is 8.87. The minimum absolute atomic E-state index is 0.00398. The van der Waals surface area contributed by atoms with Crippen LogP contribution in [0.5, 0.6) is 5.75 Å². The average Bonchev–Trinajstić information content (AvgIpc) is 3.31. The molecule has 4 rings (SSSR count). The summed E-state index contributed by atoms with van der Waals surface area (Å²) in [6.07, 6.45) is 10.3. The summed E-state index contributed by atoms with van der Waals surface area (Å²) < 4.78 is 7.11. The summed E-state index contributed by atoms with van der Waals surface area (Å²) in [5, 5.41) is 1.01. The van der Waals surface area contributed by atoms with Gasteiger partial charge in [-0.3, -0.25) is 14.2 Å². The maximum absolute atomic E-state index is 13.5. The first-order chi connectivity index (χ1) is 14.6. The lowest BCUT2D eigenvalue weighted by Gasteiger charge is -2.34. The van der Waals surface area contributed by atoms with E-state index in [1.807, 2.05) is 36.1 Å². The molecular weight excluding hydrogens is 376 g/mol. The van der Waals surface area contributed by atoms with E-state index in [-0.39, 0.29) is 18.0 Å². The maximum Gasteiger partial charge on any atom is 0.255 e. The topological polar surface area (TPSA) is 51.5 Å². The van der Waals surface area contributed by atoms with Gasteiger partial charge in [-0.2, -0.15) is 0 Å². The van der Waals surface area contributed by atoms with Crippen LogP contribution in [0, 0.1) is 0 Å². The van der Waals surface area contributed by atoms with Crippen LogP contribution in [0.25, 0.3) is 10.9 Å². The third-order valence-electron chi connectivity index (χ3n) is 7.10. The molecule has 0 radical (unpaired) electrons. The number of nitrogens with zero attached hydrogens (tertiary/aromatic N) is 2. The van der Waals surface area contributed by atoms with E-state index < -0.39 is 0 Å². The Balaban J connectivity index is 1.74. The predicted molar refractivity (Wildman–Crippen MR) is 120 cm³/mol. The fourth-order valence-electron chi connectivity index (χ4n) is 5.44. The zero-order valence-electron chi connectivity index (χ0n) is 18.4. The summed E-state index contributed by atoms with van der Waals surface area (Å²) in [7, 11) is 1.63. The van der Waals surface area contributed by atoms with Crippen molar-refractivity contribution in [3.63, 3.8) is 0 Å². The highest BCUT2D eigenvalue weighted by atomic mass is 16.5. The molecule has 162 valence electrons. The quantitative estimate of drug-likeness (QED) is 0.684. The molecule has 30 heavy (non-hydrogen) atoms. The molecule has 5 heteroatoms. The number of likely N-dealkylation sites (N-methyl/N-ethyl adjacent to an activating group) is 1. The Morgan fingerprint density at radius 2 is 1.77 bits per heavy atom. The van der Waals surface area contributed by atoms with Crippen molar-refractivity contribution in [1.82, 2.24) is 9.47 Å². The highest BCUT2D eigenvalue weighted by Gasteiger charge is 2.27. The first-order valence-corrected chi connectivity index (χ1v) is 11.6. The maximum atomic E-state index is 13.5. The molecule has 1 aromatic heterocycles. The van der Waals surface area contributed by atoms with Gasteiger partial charge >= 0.3 is 0 Å². The lowest BCUT2D eigenvalue weighted by atomic mass is 9.94. The van der Waals surface area contributed by atoms with E-state index in [0.717, 1.165) is 42.1 Å². The minimum Gasteiger partial charge on any atom is -0.497 e. The van der Waals surface area contributed by atoms with Crippen LogP contribution in [0.1, 0.15) is 76.2 Å². The van der Waals surface area contributed by atoms with Gasteiger partial charge in [0.2, 0.25) is 5.91 Å². The van der Waals surface area contributed by atoms with Crippen LogP contribution in [0.3, 0.4) is 0 Å². The standard InChI is InChI=1S/C25H34N2O3/c1-3-26(20-11-5-4-6-12-20)24(28)17-27-23-16-21(30-2)14-13-19(23)15-22(25(27)29)18-9-7-8-10-18/h13-16,18,20H,3-12,17H2,1-2H3. The molecule has 1 aromatic carbocycles. The van der Waals surface area contributed by atoms with Crippen LogP contribution >= 0.6 is 0 Å². The Morgan fingerprint density at radius 3 is 2.43 bits per heavy atom. The average molecular weight is 411 g/mol. The summed E-state index contributed by atoms with van der Waals surface area (Å²) >= 11 is 0. The zero-order chi connectivity index (χ0) is 21.1. The molecular formula is C25H34N2O3. The molecule has 2 saturated carbocycles. The third kappa shape index (κ3) is 4.12. The van der Waals surface area contributed by atoms with Crippen molar-refractivity contribution in [3.8, 4) is 5.75 Å². The van der Waals surface area contributed by atoms with Crippen molar-refractivity contribution in [2.45, 2.75) is 83.2 Å². The van der Waals surface area contributed by atoms with Gasteiger partial charge in [-0.15, -0.1) is 0 Å². The van der Waals surface area contributed by atoms with Crippen molar-refractivity contribution in [2.75, 3.05) is 13.7 Å². The van der Waals surface area contributed by atoms with Gasteiger partial charge in [0.1, 0.15) is 12.3 Å². The van der Waals surface area contributed by atoms with Gasteiger partial charge in [0, 0.05) is 24.2 Å².